The summed E-state index contributed by atoms with van der Waals surface area (Å²) in [6, 6.07) is 17.6. The maximum Gasteiger partial charge on any atom is 0.225 e. The van der Waals surface area contributed by atoms with Crippen LogP contribution in [0.4, 0.5) is 11.8 Å². The number of nitrogens with two attached hydrogens (primary N) is 1. The minimum absolute atomic E-state index is 0.497. The van der Waals surface area contributed by atoms with Crippen LogP contribution in [0.1, 0.15) is 19.3 Å². The topological polar surface area (TPSA) is 94.1 Å². The Morgan fingerprint density at radius 1 is 0.970 bits per heavy atom. The van der Waals surface area contributed by atoms with E-state index in [0.29, 0.717) is 28.5 Å². The standard InChI is InChI=1S/C25H29N7O/c1-33-20-13-7-6-12-19(20)22-21-23(26)32(18-10-4-2-5-11-18)30-24(21)29-25(28-22)27-14-17-31-15-8-3-9-16-31/h2,4-7,10-13H,3,8-9,14-17,26H2,1H3,(H,27,29,30). The van der Waals surface area contributed by atoms with Crippen molar-refractivity contribution < 1.29 is 4.74 Å². The Morgan fingerprint density at radius 3 is 2.52 bits per heavy atom. The van der Waals surface area contributed by atoms with Gasteiger partial charge in [-0.3, -0.25) is 0 Å². The number of hydrogen-bond acceptors (Lipinski definition) is 7. The van der Waals surface area contributed by atoms with E-state index in [2.05, 4.69) is 10.2 Å². The Bertz CT molecular complexity index is 1230. The van der Waals surface area contributed by atoms with Crippen LogP contribution in [0.25, 0.3) is 28.0 Å². The molecule has 4 aromatic rings. The van der Waals surface area contributed by atoms with Crippen LogP contribution in [0.2, 0.25) is 0 Å². The van der Waals surface area contributed by atoms with Crippen molar-refractivity contribution in [2.45, 2.75) is 19.3 Å². The van der Waals surface area contributed by atoms with Gasteiger partial charge in [0, 0.05) is 18.7 Å². The summed E-state index contributed by atoms with van der Waals surface area (Å²) in [5.74, 6) is 1.76. The van der Waals surface area contributed by atoms with E-state index in [1.54, 1.807) is 11.8 Å². The predicted molar refractivity (Wildman–Crippen MR) is 132 cm³/mol. The lowest BCUT2D eigenvalue weighted by atomic mass is 10.1. The molecule has 33 heavy (non-hydrogen) atoms. The van der Waals surface area contributed by atoms with E-state index in [1.165, 1.54) is 19.3 Å². The molecule has 1 saturated heterocycles. The Labute approximate surface area is 193 Å². The van der Waals surface area contributed by atoms with E-state index in [1.807, 2.05) is 54.6 Å². The highest BCUT2D eigenvalue weighted by Crippen LogP contribution is 2.37. The number of hydrogen-bond donors (Lipinski definition) is 2. The fourth-order valence-corrected chi connectivity index (χ4v) is 4.40. The number of nitrogens with zero attached hydrogens (tertiary/aromatic N) is 5. The van der Waals surface area contributed by atoms with Crippen LogP contribution in [-0.2, 0) is 0 Å². The van der Waals surface area contributed by atoms with Gasteiger partial charge in [-0.2, -0.15) is 4.98 Å². The lowest BCUT2D eigenvalue weighted by molar-refractivity contribution is 0.237. The molecule has 0 aliphatic carbocycles. The molecule has 0 unspecified atom stereocenters. The molecule has 3 N–H and O–H groups in total. The monoisotopic (exact) mass is 443 g/mol. The lowest BCUT2D eigenvalue weighted by Crippen LogP contribution is -2.33. The largest absolute Gasteiger partial charge is 0.496 e. The number of nitrogen functional groups attached to an aromatic ring is 1. The van der Waals surface area contributed by atoms with Crippen LogP contribution < -0.4 is 15.8 Å². The lowest BCUT2D eigenvalue weighted by Gasteiger charge is -2.26. The zero-order valence-corrected chi connectivity index (χ0v) is 18.9. The Balaban J connectivity index is 1.56. The average Bonchev–Trinajstić information content (AvgIpc) is 3.21. The highest BCUT2D eigenvalue weighted by molar-refractivity contribution is 6.00. The summed E-state index contributed by atoms with van der Waals surface area (Å²) in [6.45, 7) is 4.05. The van der Waals surface area contributed by atoms with Crippen molar-refractivity contribution in [2.24, 2.45) is 0 Å². The van der Waals surface area contributed by atoms with Gasteiger partial charge in [0.05, 0.1) is 23.9 Å². The second-order valence-corrected chi connectivity index (χ2v) is 8.26. The fourth-order valence-electron chi connectivity index (χ4n) is 4.40. The van der Waals surface area contributed by atoms with Crippen LogP contribution in [0.5, 0.6) is 5.75 Å². The van der Waals surface area contributed by atoms with E-state index < -0.39 is 0 Å². The molecule has 5 rings (SSSR count). The van der Waals surface area contributed by atoms with Crippen molar-refractivity contribution in [2.75, 3.05) is 44.3 Å². The minimum atomic E-state index is 0.497. The Morgan fingerprint density at radius 2 is 1.73 bits per heavy atom. The summed E-state index contributed by atoms with van der Waals surface area (Å²) in [7, 11) is 1.66. The molecule has 0 radical (unpaired) electrons. The normalized spacial score (nSPS) is 14.5. The van der Waals surface area contributed by atoms with Gasteiger partial charge < -0.3 is 20.7 Å². The van der Waals surface area contributed by atoms with Crippen molar-refractivity contribution in [3.05, 3.63) is 54.6 Å². The molecule has 170 valence electrons. The van der Waals surface area contributed by atoms with E-state index in [4.69, 9.17) is 25.5 Å². The van der Waals surface area contributed by atoms with E-state index >= 15 is 0 Å². The number of piperidine rings is 1. The average molecular weight is 444 g/mol. The number of methoxy groups -OCH3 is 1. The first kappa shape index (κ1) is 21.2. The van der Waals surface area contributed by atoms with Gasteiger partial charge in [-0.15, -0.1) is 5.10 Å². The van der Waals surface area contributed by atoms with Gasteiger partial charge >= 0.3 is 0 Å². The molecule has 8 nitrogen and oxygen atoms in total. The molecule has 2 aromatic heterocycles. The molecular weight excluding hydrogens is 414 g/mol. The quantitative estimate of drug-likeness (QED) is 0.446. The second kappa shape index (κ2) is 9.46. The SMILES string of the molecule is COc1ccccc1-c1nc(NCCN2CCCCC2)nc2nn(-c3ccccc3)c(N)c12. The molecule has 3 heterocycles. The summed E-state index contributed by atoms with van der Waals surface area (Å²) in [5.41, 5.74) is 9.58. The summed E-state index contributed by atoms with van der Waals surface area (Å²) >= 11 is 0. The number of aromatic nitrogens is 4. The zero-order chi connectivity index (χ0) is 22.6. The van der Waals surface area contributed by atoms with Crippen molar-refractivity contribution in [1.82, 2.24) is 24.6 Å². The maximum atomic E-state index is 6.60. The number of likely N-dealkylation sites (tertiary alicyclic amines) is 1. The number of ether oxygens (including phenoxy) is 1. The Kier molecular flexibility index (Phi) is 6.08. The third-order valence-corrected chi connectivity index (χ3v) is 6.09. The molecule has 2 aromatic carbocycles. The molecule has 1 aliphatic heterocycles. The molecular formula is C25H29N7O. The summed E-state index contributed by atoms with van der Waals surface area (Å²) in [4.78, 5) is 12.1. The fraction of sp³-hybridized carbons (Fsp3) is 0.320. The molecule has 8 heteroatoms. The summed E-state index contributed by atoms with van der Waals surface area (Å²) in [5, 5.41) is 8.85. The van der Waals surface area contributed by atoms with Crippen LogP contribution in [0.3, 0.4) is 0 Å². The second-order valence-electron chi connectivity index (χ2n) is 8.26. The number of benzene rings is 2. The van der Waals surface area contributed by atoms with Gasteiger partial charge in [-0.1, -0.05) is 36.8 Å². The molecule has 0 amide bonds. The molecule has 0 atom stereocenters. The van der Waals surface area contributed by atoms with E-state index in [9.17, 15) is 0 Å². The first-order chi connectivity index (χ1) is 16.2. The van der Waals surface area contributed by atoms with E-state index in [-0.39, 0.29) is 0 Å². The van der Waals surface area contributed by atoms with Gasteiger partial charge in [0.25, 0.3) is 0 Å². The number of anilines is 2. The summed E-state index contributed by atoms with van der Waals surface area (Å²) < 4.78 is 7.34. The zero-order valence-electron chi connectivity index (χ0n) is 18.9. The highest BCUT2D eigenvalue weighted by atomic mass is 16.5. The molecule has 0 bridgehead atoms. The smallest absolute Gasteiger partial charge is 0.225 e. The highest BCUT2D eigenvalue weighted by Gasteiger charge is 2.21. The molecule has 1 aliphatic rings. The number of para-hydroxylation sites is 2. The third-order valence-electron chi connectivity index (χ3n) is 6.09. The number of fused-ring (bicyclic) bond motifs is 1. The number of rotatable bonds is 7. The maximum absolute atomic E-state index is 6.60. The van der Waals surface area contributed by atoms with Crippen LogP contribution in [-0.4, -0.2) is 57.9 Å². The van der Waals surface area contributed by atoms with Crippen molar-refractivity contribution in [3.8, 4) is 22.7 Å². The van der Waals surface area contributed by atoms with Gasteiger partial charge in [-0.25, -0.2) is 9.67 Å². The predicted octanol–water partition coefficient (Wildman–Crippen LogP) is 3.97. The van der Waals surface area contributed by atoms with Crippen molar-refractivity contribution >= 4 is 22.8 Å². The first-order valence-corrected chi connectivity index (χ1v) is 11.5. The molecule has 0 spiro atoms. The van der Waals surface area contributed by atoms with Crippen molar-refractivity contribution in [3.63, 3.8) is 0 Å². The Hall–Kier alpha value is -3.65. The van der Waals surface area contributed by atoms with Gasteiger partial charge in [0.15, 0.2) is 5.65 Å². The summed E-state index contributed by atoms with van der Waals surface area (Å²) in [6.07, 6.45) is 3.88. The van der Waals surface area contributed by atoms with E-state index in [0.717, 1.165) is 43.2 Å². The van der Waals surface area contributed by atoms with Gasteiger partial charge in [0.2, 0.25) is 5.95 Å². The van der Waals surface area contributed by atoms with Gasteiger partial charge in [0.1, 0.15) is 11.6 Å². The first-order valence-electron chi connectivity index (χ1n) is 11.5. The van der Waals surface area contributed by atoms with Gasteiger partial charge in [-0.05, 0) is 50.2 Å². The van der Waals surface area contributed by atoms with Crippen molar-refractivity contribution in [1.29, 1.82) is 0 Å². The van der Waals surface area contributed by atoms with Crippen LogP contribution >= 0.6 is 0 Å². The third kappa shape index (κ3) is 4.34. The van der Waals surface area contributed by atoms with Crippen LogP contribution in [0, 0.1) is 0 Å². The molecule has 1 fully saturated rings. The number of nitrogens with one attached hydrogen (secondary N) is 1. The molecule has 0 saturated carbocycles. The van der Waals surface area contributed by atoms with Crippen LogP contribution in [0.15, 0.2) is 54.6 Å². The minimum Gasteiger partial charge on any atom is -0.496 e.